The lowest BCUT2D eigenvalue weighted by Crippen LogP contribution is -2.49. The molecule has 0 unspecified atom stereocenters. The Hall–Kier alpha value is -2.28. The molecule has 1 N–H and O–H groups in total. The fourth-order valence-electron chi connectivity index (χ4n) is 3.65. The topological polar surface area (TPSA) is 54.4 Å². The minimum atomic E-state index is -0.496. The first kappa shape index (κ1) is 22.4. The Morgan fingerprint density at radius 3 is 2.47 bits per heavy atom. The summed E-state index contributed by atoms with van der Waals surface area (Å²) in [6, 6.07) is 14.2. The number of ether oxygens (including phenoxy) is 3. The van der Waals surface area contributed by atoms with E-state index in [1.807, 2.05) is 30.3 Å². The molecule has 0 saturated carbocycles. The number of rotatable bonds is 10. The van der Waals surface area contributed by atoms with Crippen LogP contribution in [0.25, 0.3) is 0 Å². The molecule has 0 aliphatic carbocycles. The van der Waals surface area contributed by atoms with Gasteiger partial charge in [0, 0.05) is 32.7 Å². The Bertz CT molecular complexity index is 791. The first-order valence-corrected chi connectivity index (χ1v) is 10.6. The van der Waals surface area contributed by atoms with Crippen molar-refractivity contribution in [2.45, 2.75) is 20.0 Å². The van der Waals surface area contributed by atoms with Crippen LogP contribution in [0, 0.1) is 13.8 Å². The molecule has 2 aromatic carbocycles. The van der Waals surface area contributed by atoms with E-state index in [2.05, 4.69) is 35.8 Å². The number of aliphatic hydroxyl groups excluding tert-OH is 1. The number of hydrogen-bond acceptors (Lipinski definition) is 6. The monoisotopic (exact) mass is 414 g/mol. The van der Waals surface area contributed by atoms with Crippen LogP contribution in [-0.4, -0.2) is 75.8 Å². The van der Waals surface area contributed by atoms with Gasteiger partial charge in [-0.1, -0.05) is 18.2 Å². The average Bonchev–Trinajstić information content (AvgIpc) is 2.76. The van der Waals surface area contributed by atoms with Crippen LogP contribution in [0.1, 0.15) is 11.1 Å². The highest BCUT2D eigenvalue weighted by atomic mass is 16.5. The lowest BCUT2D eigenvalue weighted by Gasteiger charge is -2.37. The minimum absolute atomic E-state index is 0.322. The fourth-order valence-corrected chi connectivity index (χ4v) is 3.65. The molecule has 0 aromatic heterocycles. The van der Waals surface area contributed by atoms with E-state index < -0.39 is 6.10 Å². The number of piperazine rings is 1. The van der Waals surface area contributed by atoms with Crippen molar-refractivity contribution in [2.24, 2.45) is 0 Å². The lowest BCUT2D eigenvalue weighted by atomic mass is 10.1. The van der Waals surface area contributed by atoms with Crippen molar-refractivity contribution < 1.29 is 19.3 Å². The highest BCUT2D eigenvalue weighted by Gasteiger charge is 2.21. The van der Waals surface area contributed by atoms with Gasteiger partial charge in [-0.25, -0.2) is 0 Å². The van der Waals surface area contributed by atoms with Gasteiger partial charge in [-0.2, -0.15) is 0 Å². The molecule has 6 heteroatoms. The van der Waals surface area contributed by atoms with Gasteiger partial charge in [0.05, 0.1) is 32.1 Å². The van der Waals surface area contributed by atoms with Crippen LogP contribution in [-0.2, 0) is 4.74 Å². The molecule has 2 aromatic rings. The molecule has 1 saturated heterocycles. The number of benzene rings is 2. The summed E-state index contributed by atoms with van der Waals surface area (Å²) in [4.78, 5) is 4.62. The average molecular weight is 415 g/mol. The fraction of sp³-hybridized carbons (Fsp3) is 0.500. The Kier molecular flexibility index (Phi) is 8.37. The summed E-state index contributed by atoms with van der Waals surface area (Å²) in [5.74, 6) is 1.76. The number of aryl methyl sites for hydroxylation is 2. The zero-order valence-corrected chi connectivity index (χ0v) is 18.3. The van der Waals surface area contributed by atoms with E-state index in [9.17, 15) is 5.11 Å². The van der Waals surface area contributed by atoms with Gasteiger partial charge in [0.15, 0.2) is 0 Å². The van der Waals surface area contributed by atoms with E-state index in [4.69, 9.17) is 14.2 Å². The summed E-state index contributed by atoms with van der Waals surface area (Å²) in [5, 5.41) is 10.3. The van der Waals surface area contributed by atoms with Crippen molar-refractivity contribution in [2.75, 3.05) is 64.6 Å². The third-order valence-electron chi connectivity index (χ3n) is 5.55. The van der Waals surface area contributed by atoms with Gasteiger partial charge >= 0.3 is 0 Å². The number of aliphatic hydroxyl groups is 1. The second-order valence-corrected chi connectivity index (χ2v) is 7.78. The van der Waals surface area contributed by atoms with Gasteiger partial charge < -0.3 is 24.2 Å². The molecular formula is C24H34N2O4. The van der Waals surface area contributed by atoms with Crippen molar-refractivity contribution in [3.05, 3.63) is 53.6 Å². The van der Waals surface area contributed by atoms with Crippen molar-refractivity contribution in [3.63, 3.8) is 0 Å². The second-order valence-electron chi connectivity index (χ2n) is 7.78. The maximum Gasteiger partial charge on any atom is 0.142 e. The molecule has 1 atom stereocenters. The van der Waals surface area contributed by atoms with E-state index in [-0.39, 0.29) is 0 Å². The van der Waals surface area contributed by atoms with Crippen LogP contribution < -0.4 is 14.4 Å². The first-order chi connectivity index (χ1) is 14.6. The van der Waals surface area contributed by atoms with Crippen LogP contribution in [0.2, 0.25) is 0 Å². The Morgan fingerprint density at radius 1 is 0.967 bits per heavy atom. The summed E-state index contributed by atoms with van der Waals surface area (Å²) in [7, 11) is 1.71. The standard InChI is InChI=1S/C24H34N2O4/c1-19-8-9-22(16-20(19)2)30-15-14-29-18-21(27)17-25-10-12-26(13-11-25)23-6-4-5-7-24(23)28-3/h4-9,16,21,27H,10-15,17-18H2,1-3H3/t21-/m0/s1. The molecule has 1 aliphatic heterocycles. The number of hydrogen-bond donors (Lipinski definition) is 1. The molecule has 0 radical (unpaired) electrons. The summed E-state index contributed by atoms with van der Waals surface area (Å²) in [6.45, 7) is 9.69. The zero-order chi connectivity index (χ0) is 21.3. The summed E-state index contributed by atoms with van der Waals surface area (Å²) < 4.78 is 16.8. The summed E-state index contributed by atoms with van der Waals surface area (Å²) in [5.41, 5.74) is 3.60. The van der Waals surface area contributed by atoms with Crippen LogP contribution in [0.4, 0.5) is 5.69 Å². The van der Waals surface area contributed by atoms with Gasteiger partial charge in [0.1, 0.15) is 18.1 Å². The maximum atomic E-state index is 10.3. The van der Waals surface area contributed by atoms with Crippen molar-refractivity contribution >= 4 is 5.69 Å². The van der Waals surface area contributed by atoms with E-state index in [0.717, 1.165) is 43.4 Å². The van der Waals surface area contributed by atoms with Crippen LogP contribution in [0.15, 0.2) is 42.5 Å². The van der Waals surface area contributed by atoms with E-state index in [1.54, 1.807) is 7.11 Å². The van der Waals surface area contributed by atoms with Crippen molar-refractivity contribution in [1.29, 1.82) is 0 Å². The molecule has 3 rings (SSSR count). The van der Waals surface area contributed by atoms with Crippen LogP contribution >= 0.6 is 0 Å². The largest absolute Gasteiger partial charge is 0.495 e. The maximum absolute atomic E-state index is 10.3. The number of methoxy groups -OCH3 is 1. The molecular weight excluding hydrogens is 380 g/mol. The molecule has 164 valence electrons. The third kappa shape index (κ3) is 6.36. The highest BCUT2D eigenvalue weighted by molar-refractivity contribution is 5.58. The minimum Gasteiger partial charge on any atom is -0.495 e. The molecule has 1 fully saturated rings. The number of para-hydroxylation sites is 2. The molecule has 0 bridgehead atoms. The van der Waals surface area contributed by atoms with E-state index >= 15 is 0 Å². The molecule has 0 amide bonds. The highest BCUT2D eigenvalue weighted by Crippen LogP contribution is 2.28. The van der Waals surface area contributed by atoms with Gasteiger partial charge in [-0.05, 0) is 49.2 Å². The zero-order valence-electron chi connectivity index (χ0n) is 18.3. The van der Waals surface area contributed by atoms with Gasteiger partial charge in [-0.3, -0.25) is 4.90 Å². The Labute approximate surface area is 180 Å². The molecule has 30 heavy (non-hydrogen) atoms. The van der Waals surface area contributed by atoms with Gasteiger partial charge in [0.2, 0.25) is 0 Å². The predicted molar refractivity (Wildman–Crippen MR) is 120 cm³/mol. The SMILES string of the molecule is COc1ccccc1N1CCN(C[C@H](O)COCCOc2ccc(C)c(C)c2)CC1. The number of anilines is 1. The van der Waals surface area contributed by atoms with E-state index in [1.165, 1.54) is 11.1 Å². The van der Waals surface area contributed by atoms with Crippen LogP contribution in [0.3, 0.4) is 0 Å². The van der Waals surface area contributed by atoms with Crippen LogP contribution in [0.5, 0.6) is 11.5 Å². The lowest BCUT2D eigenvalue weighted by molar-refractivity contribution is 0.00717. The molecule has 1 aliphatic rings. The Balaban J connectivity index is 1.31. The smallest absolute Gasteiger partial charge is 0.142 e. The van der Waals surface area contributed by atoms with Crippen molar-refractivity contribution in [1.82, 2.24) is 4.90 Å². The molecule has 6 nitrogen and oxygen atoms in total. The summed E-state index contributed by atoms with van der Waals surface area (Å²) in [6.07, 6.45) is -0.496. The van der Waals surface area contributed by atoms with Gasteiger partial charge in [0.25, 0.3) is 0 Å². The predicted octanol–water partition coefficient (Wildman–Crippen LogP) is 2.89. The molecule has 1 heterocycles. The van der Waals surface area contributed by atoms with E-state index in [0.29, 0.717) is 26.4 Å². The molecule has 0 spiro atoms. The first-order valence-electron chi connectivity index (χ1n) is 10.6. The number of nitrogens with zero attached hydrogens (tertiary/aromatic N) is 2. The second kappa shape index (κ2) is 11.2. The van der Waals surface area contributed by atoms with Gasteiger partial charge in [-0.15, -0.1) is 0 Å². The Morgan fingerprint density at radius 2 is 1.73 bits per heavy atom. The quantitative estimate of drug-likeness (QED) is 0.604. The normalized spacial score (nSPS) is 15.8. The number of β-amino-alcohol motifs (C(OH)–C–C–N with tert-alkyl or cyclic N) is 1. The van der Waals surface area contributed by atoms with Crippen molar-refractivity contribution in [3.8, 4) is 11.5 Å². The summed E-state index contributed by atoms with van der Waals surface area (Å²) >= 11 is 0. The third-order valence-corrected chi connectivity index (χ3v) is 5.55.